The molecule has 202 valence electrons. The highest BCUT2D eigenvalue weighted by Gasteiger charge is 2.33. The number of hydrogen-bond acceptors (Lipinski definition) is 10. The molecule has 0 unspecified atom stereocenters. The number of amides is 1. The van der Waals surface area contributed by atoms with Gasteiger partial charge in [0.05, 0.1) is 37.7 Å². The smallest absolute Gasteiger partial charge is 0.493 e. The number of anilines is 2. The summed E-state index contributed by atoms with van der Waals surface area (Å²) in [6, 6.07) is 4.03. The van der Waals surface area contributed by atoms with Crippen LogP contribution in [0.2, 0.25) is 0 Å². The third kappa shape index (κ3) is 6.68. The SMILES string of the molecule is CCOC(=O)C1CCN(c2cnc(C(=O)Nc3nc(-c4ccc(OC)c(OC(F)(F)F)c4)cs3)cn2)CC1. The van der Waals surface area contributed by atoms with Gasteiger partial charge in [-0.25, -0.2) is 15.0 Å². The van der Waals surface area contributed by atoms with Gasteiger partial charge < -0.3 is 19.1 Å². The van der Waals surface area contributed by atoms with Crippen LogP contribution in [0.4, 0.5) is 24.1 Å². The van der Waals surface area contributed by atoms with Crippen molar-refractivity contribution in [3.8, 4) is 22.8 Å². The molecule has 0 saturated carbocycles. The van der Waals surface area contributed by atoms with E-state index in [1.807, 2.05) is 4.90 Å². The van der Waals surface area contributed by atoms with Crippen LogP contribution in [0.5, 0.6) is 11.5 Å². The molecule has 1 fully saturated rings. The van der Waals surface area contributed by atoms with Gasteiger partial charge in [-0.15, -0.1) is 24.5 Å². The zero-order chi connectivity index (χ0) is 27.3. The summed E-state index contributed by atoms with van der Waals surface area (Å²) in [6.07, 6.45) is -0.754. The molecule has 1 aliphatic heterocycles. The second kappa shape index (κ2) is 11.6. The molecule has 4 rings (SSSR count). The van der Waals surface area contributed by atoms with Crippen LogP contribution >= 0.6 is 11.3 Å². The molecule has 38 heavy (non-hydrogen) atoms. The molecule has 1 aliphatic rings. The van der Waals surface area contributed by atoms with E-state index in [0.717, 1.165) is 17.4 Å². The number of thiazole rings is 1. The predicted octanol–water partition coefficient (Wildman–Crippen LogP) is 4.54. The quantitative estimate of drug-likeness (QED) is 0.403. The van der Waals surface area contributed by atoms with E-state index >= 15 is 0 Å². The van der Waals surface area contributed by atoms with Gasteiger partial charge in [-0.05, 0) is 38.0 Å². The van der Waals surface area contributed by atoms with E-state index < -0.39 is 18.0 Å². The molecule has 3 aromatic rings. The van der Waals surface area contributed by atoms with Crippen LogP contribution in [-0.4, -0.2) is 60.0 Å². The Morgan fingerprint density at radius 3 is 2.55 bits per heavy atom. The summed E-state index contributed by atoms with van der Waals surface area (Å²) in [7, 11) is 1.23. The highest BCUT2D eigenvalue weighted by molar-refractivity contribution is 7.14. The van der Waals surface area contributed by atoms with E-state index in [0.29, 0.717) is 49.6 Å². The number of hydrogen-bond donors (Lipinski definition) is 1. The van der Waals surface area contributed by atoms with Crippen molar-refractivity contribution < 1.29 is 37.0 Å². The van der Waals surface area contributed by atoms with Crippen LogP contribution in [0, 0.1) is 5.92 Å². The number of carbonyl (C=O) groups excluding carboxylic acids is 2. The van der Waals surface area contributed by atoms with Gasteiger partial charge in [-0.2, -0.15) is 0 Å². The Morgan fingerprint density at radius 2 is 1.92 bits per heavy atom. The number of nitrogens with one attached hydrogen (secondary N) is 1. The Morgan fingerprint density at radius 1 is 1.16 bits per heavy atom. The second-order valence-electron chi connectivity index (χ2n) is 8.18. The molecule has 0 bridgehead atoms. The van der Waals surface area contributed by atoms with Crippen LogP contribution in [0.15, 0.2) is 36.0 Å². The van der Waals surface area contributed by atoms with E-state index in [2.05, 4.69) is 25.0 Å². The lowest BCUT2D eigenvalue weighted by molar-refractivity contribution is -0.275. The number of methoxy groups -OCH3 is 1. The second-order valence-corrected chi connectivity index (χ2v) is 9.04. The maximum Gasteiger partial charge on any atom is 0.573 e. The molecule has 3 heterocycles. The van der Waals surface area contributed by atoms with E-state index in [9.17, 15) is 22.8 Å². The van der Waals surface area contributed by atoms with Crippen molar-refractivity contribution in [2.75, 3.05) is 37.0 Å². The molecule has 0 atom stereocenters. The standard InChI is InChI=1S/C24H24F3N5O5S/c1-3-36-22(34)14-6-8-32(9-7-14)20-12-28-16(11-29-20)21(33)31-23-30-17(13-38-23)15-4-5-18(35-2)19(10-15)37-24(25,26)27/h4-5,10-14H,3,6-9H2,1-2H3,(H,30,31,33). The first-order valence-electron chi connectivity index (χ1n) is 11.6. The third-order valence-electron chi connectivity index (χ3n) is 5.72. The molecule has 2 aromatic heterocycles. The van der Waals surface area contributed by atoms with E-state index in [-0.39, 0.29) is 28.5 Å². The lowest BCUT2D eigenvalue weighted by Gasteiger charge is -2.31. The highest BCUT2D eigenvalue weighted by Crippen LogP contribution is 2.36. The van der Waals surface area contributed by atoms with E-state index in [1.54, 1.807) is 12.3 Å². The van der Waals surface area contributed by atoms with Gasteiger partial charge in [-0.3, -0.25) is 14.9 Å². The Hall–Kier alpha value is -3.94. The average Bonchev–Trinajstić information content (AvgIpc) is 3.36. The molecule has 0 radical (unpaired) electrons. The number of esters is 1. The monoisotopic (exact) mass is 551 g/mol. The summed E-state index contributed by atoms with van der Waals surface area (Å²) in [5.74, 6) is -0.845. The topological polar surface area (TPSA) is 116 Å². The summed E-state index contributed by atoms with van der Waals surface area (Å²) >= 11 is 1.10. The number of nitrogens with zero attached hydrogens (tertiary/aromatic N) is 4. The fourth-order valence-electron chi connectivity index (χ4n) is 3.87. The normalized spacial score (nSPS) is 14.2. The minimum Gasteiger partial charge on any atom is -0.493 e. The maximum absolute atomic E-state index is 12.7. The van der Waals surface area contributed by atoms with Crippen LogP contribution in [0.25, 0.3) is 11.3 Å². The van der Waals surface area contributed by atoms with Crippen LogP contribution in [-0.2, 0) is 9.53 Å². The summed E-state index contributed by atoms with van der Waals surface area (Å²) in [5, 5.41) is 4.43. The Labute approximate surface area is 219 Å². The number of rotatable bonds is 8. The fraction of sp³-hybridized carbons (Fsp3) is 0.375. The lowest BCUT2D eigenvalue weighted by Crippen LogP contribution is -2.37. The van der Waals surface area contributed by atoms with Crippen LogP contribution in [0.1, 0.15) is 30.3 Å². The van der Waals surface area contributed by atoms with Gasteiger partial charge in [0.25, 0.3) is 5.91 Å². The lowest BCUT2D eigenvalue weighted by atomic mass is 9.97. The van der Waals surface area contributed by atoms with E-state index in [4.69, 9.17) is 9.47 Å². The highest BCUT2D eigenvalue weighted by atomic mass is 32.1. The van der Waals surface area contributed by atoms with Gasteiger partial charge >= 0.3 is 12.3 Å². The molecule has 0 aliphatic carbocycles. The van der Waals surface area contributed by atoms with Gasteiger partial charge in [0, 0.05) is 24.0 Å². The van der Waals surface area contributed by atoms with Crippen molar-refractivity contribution in [2.24, 2.45) is 5.92 Å². The minimum absolute atomic E-state index is 0.0669. The first-order valence-corrected chi connectivity index (χ1v) is 12.5. The molecule has 14 heteroatoms. The summed E-state index contributed by atoms with van der Waals surface area (Å²) in [4.78, 5) is 39.4. The van der Waals surface area contributed by atoms with Crippen LogP contribution < -0.4 is 19.7 Å². The van der Waals surface area contributed by atoms with E-state index in [1.165, 1.54) is 31.6 Å². The molecular weight excluding hydrogens is 527 g/mol. The number of aromatic nitrogens is 3. The zero-order valence-corrected chi connectivity index (χ0v) is 21.3. The molecule has 10 nitrogen and oxygen atoms in total. The van der Waals surface area contributed by atoms with Gasteiger partial charge in [0.1, 0.15) is 11.5 Å². The Balaban J connectivity index is 1.38. The van der Waals surface area contributed by atoms with Gasteiger partial charge in [0.15, 0.2) is 16.6 Å². The average molecular weight is 552 g/mol. The minimum atomic E-state index is -4.89. The summed E-state index contributed by atoms with van der Waals surface area (Å²) in [6.45, 7) is 3.37. The number of ether oxygens (including phenoxy) is 3. The van der Waals surface area contributed by atoms with Crippen molar-refractivity contribution in [1.82, 2.24) is 15.0 Å². The maximum atomic E-state index is 12.7. The van der Waals surface area contributed by atoms with Crippen LogP contribution in [0.3, 0.4) is 0 Å². The van der Waals surface area contributed by atoms with Gasteiger partial charge in [0.2, 0.25) is 0 Å². The third-order valence-corrected chi connectivity index (χ3v) is 6.48. The van der Waals surface area contributed by atoms with Crippen molar-refractivity contribution in [3.05, 3.63) is 41.7 Å². The van der Waals surface area contributed by atoms with Gasteiger partial charge in [-0.1, -0.05) is 0 Å². The first kappa shape index (κ1) is 27.1. The molecule has 0 spiro atoms. The molecule has 1 N–H and O–H groups in total. The van der Waals surface area contributed by atoms with Crippen molar-refractivity contribution in [2.45, 2.75) is 26.1 Å². The molecule has 1 saturated heterocycles. The first-order chi connectivity index (χ1) is 18.2. The number of benzene rings is 1. The summed E-state index contributed by atoms with van der Waals surface area (Å²) in [5.41, 5.74) is 0.752. The Bertz CT molecular complexity index is 1280. The fourth-order valence-corrected chi connectivity index (χ4v) is 4.59. The molecule has 1 amide bonds. The predicted molar refractivity (Wildman–Crippen MR) is 132 cm³/mol. The number of halogens is 3. The largest absolute Gasteiger partial charge is 0.573 e. The number of carbonyl (C=O) groups is 2. The zero-order valence-electron chi connectivity index (χ0n) is 20.4. The molecular formula is C24H24F3N5O5S. The van der Waals surface area contributed by atoms with Crippen molar-refractivity contribution >= 4 is 34.2 Å². The van der Waals surface area contributed by atoms with Crippen molar-refractivity contribution in [1.29, 1.82) is 0 Å². The number of alkyl halides is 3. The molecule has 1 aromatic carbocycles. The Kier molecular flexibility index (Phi) is 8.29. The summed E-state index contributed by atoms with van der Waals surface area (Å²) < 4.78 is 52.2. The number of piperidine rings is 1. The van der Waals surface area contributed by atoms with Crippen molar-refractivity contribution in [3.63, 3.8) is 0 Å².